The number of esters is 1. The molecule has 1 N–H and O–H groups in total. The van der Waals surface area contributed by atoms with Gasteiger partial charge in [-0.25, -0.2) is 4.98 Å². The van der Waals surface area contributed by atoms with Crippen LogP contribution in [-0.2, 0) is 20.7 Å². The highest BCUT2D eigenvalue weighted by Gasteiger charge is 2.11. The Morgan fingerprint density at radius 2 is 2.20 bits per heavy atom. The van der Waals surface area contributed by atoms with Crippen LogP contribution in [0.4, 0.5) is 5.69 Å². The Morgan fingerprint density at radius 3 is 2.92 bits per heavy atom. The van der Waals surface area contributed by atoms with Crippen LogP contribution in [0.2, 0.25) is 0 Å². The molecule has 0 saturated heterocycles. The molecule has 0 unspecified atom stereocenters. The first-order chi connectivity index (χ1) is 12.0. The van der Waals surface area contributed by atoms with Crippen LogP contribution in [-0.4, -0.2) is 34.9 Å². The first kappa shape index (κ1) is 17.4. The minimum absolute atomic E-state index is 0.127. The van der Waals surface area contributed by atoms with Gasteiger partial charge in [0.2, 0.25) is 5.91 Å². The highest BCUT2D eigenvalue weighted by molar-refractivity contribution is 8.01. The van der Waals surface area contributed by atoms with E-state index >= 15 is 0 Å². The number of amides is 1. The number of carbonyl (C=O) groups excluding carboxylic acids is 2. The lowest BCUT2D eigenvalue weighted by atomic mass is 10.2. The predicted octanol–water partition coefficient (Wildman–Crippen LogP) is 3.04. The molecule has 130 valence electrons. The van der Waals surface area contributed by atoms with Crippen LogP contribution in [0.25, 0.3) is 10.2 Å². The summed E-state index contributed by atoms with van der Waals surface area (Å²) in [5.74, 6) is 0.270. The Balaban J connectivity index is 1.66. The molecule has 0 saturated carbocycles. The largest absolute Gasteiger partial charge is 0.468 e. The zero-order valence-corrected chi connectivity index (χ0v) is 15.2. The standard InChI is InChI=1S/C16H15N3O4S2/c1-9-5-11(23-19-9)7-14(20)17-10-3-4-12-13(6-10)25-16(18-12)24-8-15(21)22-2/h3-6H,7-8H2,1-2H3,(H,17,20). The number of thiazole rings is 1. The van der Waals surface area contributed by atoms with Gasteiger partial charge in [-0.15, -0.1) is 11.3 Å². The fourth-order valence-corrected chi connectivity index (χ4v) is 4.03. The molecule has 9 heteroatoms. The zero-order chi connectivity index (χ0) is 17.8. The number of anilines is 1. The number of hydrogen-bond donors (Lipinski definition) is 1. The Labute approximate surface area is 151 Å². The van der Waals surface area contributed by atoms with Gasteiger partial charge in [0, 0.05) is 11.8 Å². The number of aromatic nitrogens is 2. The van der Waals surface area contributed by atoms with Gasteiger partial charge in [0.1, 0.15) is 5.76 Å². The van der Waals surface area contributed by atoms with Gasteiger partial charge in [-0.05, 0) is 25.1 Å². The number of rotatable bonds is 6. The minimum atomic E-state index is -0.292. The van der Waals surface area contributed by atoms with Crippen molar-refractivity contribution in [1.82, 2.24) is 10.1 Å². The molecule has 0 spiro atoms. The Bertz CT molecular complexity index is 919. The number of nitrogens with one attached hydrogen (secondary N) is 1. The average Bonchev–Trinajstić information content (AvgIpc) is 3.17. The smallest absolute Gasteiger partial charge is 0.316 e. The second kappa shape index (κ2) is 7.66. The van der Waals surface area contributed by atoms with Crippen LogP contribution in [0.1, 0.15) is 11.5 Å². The summed E-state index contributed by atoms with van der Waals surface area (Å²) >= 11 is 2.79. The molecule has 0 aliphatic rings. The molecule has 0 aliphatic carbocycles. The molecule has 0 atom stereocenters. The van der Waals surface area contributed by atoms with E-state index in [1.807, 2.05) is 12.1 Å². The summed E-state index contributed by atoms with van der Waals surface area (Å²) in [7, 11) is 1.36. The van der Waals surface area contributed by atoms with E-state index in [-0.39, 0.29) is 24.1 Å². The zero-order valence-electron chi connectivity index (χ0n) is 13.6. The number of carbonyl (C=O) groups is 2. The molecular weight excluding hydrogens is 362 g/mol. The maximum Gasteiger partial charge on any atom is 0.316 e. The number of thioether (sulfide) groups is 1. The quantitative estimate of drug-likeness (QED) is 0.521. The second-order valence-corrected chi connectivity index (χ2v) is 7.44. The van der Waals surface area contributed by atoms with Crippen LogP contribution in [0.5, 0.6) is 0 Å². The first-order valence-corrected chi connectivity index (χ1v) is 9.16. The molecule has 25 heavy (non-hydrogen) atoms. The molecule has 0 aliphatic heterocycles. The predicted molar refractivity (Wildman–Crippen MR) is 95.9 cm³/mol. The fraction of sp³-hybridized carbons (Fsp3) is 0.250. The third kappa shape index (κ3) is 4.58. The van der Waals surface area contributed by atoms with Crippen molar-refractivity contribution in [3.05, 3.63) is 35.7 Å². The van der Waals surface area contributed by atoms with E-state index in [2.05, 4.69) is 20.2 Å². The van der Waals surface area contributed by atoms with E-state index < -0.39 is 0 Å². The van der Waals surface area contributed by atoms with E-state index in [0.717, 1.165) is 20.3 Å². The Kier molecular flexibility index (Phi) is 5.34. The van der Waals surface area contributed by atoms with Gasteiger partial charge in [0.25, 0.3) is 0 Å². The first-order valence-electron chi connectivity index (χ1n) is 7.36. The van der Waals surface area contributed by atoms with Gasteiger partial charge >= 0.3 is 5.97 Å². The van der Waals surface area contributed by atoms with Gasteiger partial charge in [-0.1, -0.05) is 16.9 Å². The lowest BCUT2D eigenvalue weighted by molar-refractivity contribution is -0.137. The summed E-state index contributed by atoms with van der Waals surface area (Å²) in [5.41, 5.74) is 2.24. The van der Waals surface area contributed by atoms with Crippen LogP contribution in [0.15, 0.2) is 33.1 Å². The maximum atomic E-state index is 12.1. The summed E-state index contributed by atoms with van der Waals surface area (Å²) in [6.07, 6.45) is 0.127. The van der Waals surface area contributed by atoms with Crippen molar-refractivity contribution in [2.24, 2.45) is 0 Å². The summed E-state index contributed by atoms with van der Waals surface area (Å²) in [6.45, 7) is 1.80. The van der Waals surface area contributed by atoms with Crippen LogP contribution >= 0.6 is 23.1 Å². The molecule has 2 heterocycles. The summed E-state index contributed by atoms with van der Waals surface area (Å²) in [4.78, 5) is 27.7. The SMILES string of the molecule is COC(=O)CSc1nc2ccc(NC(=O)Cc3cc(C)no3)cc2s1. The van der Waals surface area contributed by atoms with E-state index in [1.165, 1.54) is 30.2 Å². The fourth-order valence-electron chi connectivity index (χ4n) is 2.09. The van der Waals surface area contributed by atoms with E-state index in [9.17, 15) is 9.59 Å². The normalized spacial score (nSPS) is 10.8. The molecule has 0 bridgehead atoms. The third-order valence-corrected chi connectivity index (χ3v) is 5.34. The molecule has 3 aromatic rings. The van der Waals surface area contributed by atoms with Gasteiger partial charge in [-0.2, -0.15) is 0 Å². The minimum Gasteiger partial charge on any atom is -0.468 e. The number of hydrogen-bond acceptors (Lipinski definition) is 8. The van der Waals surface area contributed by atoms with Gasteiger partial charge in [-0.3, -0.25) is 9.59 Å². The molecule has 0 radical (unpaired) electrons. The van der Waals surface area contributed by atoms with Crippen molar-refractivity contribution < 1.29 is 18.8 Å². The van der Waals surface area contributed by atoms with Gasteiger partial charge < -0.3 is 14.6 Å². The van der Waals surface area contributed by atoms with Crippen LogP contribution in [0.3, 0.4) is 0 Å². The van der Waals surface area contributed by atoms with Crippen molar-refractivity contribution in [1.29, 1.82) is 0 Å². The molecule has 3 rings (SSSR count). The van der Waals surface area contributed by atoms with Crippen LogP contribution in [0, 0.1) is 6.92 Å². The summed E-state index contributed by atoms with van der Waals surface area (Å²) < 4.78 is 11.4. The van der Waals surface area contributed by atoms with Gasteiger partial charge in [0.15, 0.2) is 4.34 Å². The van der Waals surface area contributed by atoms with Crippen molar-refractivity contribution in [2.45, 2.75) is 17.7 Å². The number of ether oxygens (including phenoxy) is 1. The number of methoxy groups -OCH3 is 1. The van der Waals surface area contributed by atoms with Crippen molar-refractivity contribution in [3.8, 4) is 0 Å². The average molecular weight is 377 g/mol. The summed E-state index contributed by atoms with van der Waals surface area (Å²) in [6, 6.07) is 7.22. The van der Waals surface area contributed by atoms with E-state index in [0.29, 0.717) is 11.4 Å². The van der Waals surface area contributed by atoms with E-state index in [4.69, 9.17) is 4.52 Å². The number of nitrogens with zero attached hydrogens (tertiary/aromatic N) is 2. The highest BCUT2D eigenvalue weighted by atomic mass is 32.2. The Morgan fingerprint density at radius 1 is 1.36 bits per heavy atom. The molecule has 1 aromatic carbocycles. The third-order valence-electron chi connectivity index (χ3n) is 3.21. The lowest BCUT2D eigenvalue weighted by Crippen LogP contribution is -2.13. The van der Waals surface area contributed by atoms with Gasteiger partial charge in [0.05, 0.1) is 35.2 Å². The second-order valence-electron chi connectivity index (χ2n) is 5.19. The van der Waals surface area contributed by atoms with Crippen molar-refractivity contribution in [2.75, 3.05) is 18.2 Å². The van der Waals surface area contributed by atoms with Crippen molar-refractivity contribution >= 4 is 50.9 Å². The molecule has 7 nitrogen and oxygen atoms in total. The molecule has 1 amide bonds. The number of fused-ring (bicyclic) bond motifs is 1. The number of aryl methyl sites for hydroxylation is 1. The molecule has 0 fully saturated rings. The Hall–Kier alpha value is -2.39. The molecule has 2 aromatic heterocycles. The molecular formula is C16H15N3O4S2. The maximum absolute atomic E-state index is 12.1. The van der Waals surface area contributed by atoms with E-state index in [1.54, 1.807) is 19.1 Å². The highest BCUT2D eigenvalue weighted by Crippen LogP contribution is 2.31. The number of benzene rings is 1. The van der Waals surface area contributed by atoms with Crippen molar-refractivity contribution in [3.63, 3.8) is 0 Å². The van der Waals surface area contributed by atoms with Crippen LogP contribution < -0.4 is 5.32 Å². The summed E-state index contributed by atoms with van der Waals surface area (Å²) in [5, 5.41) is 6.59. The monoisotopic (exact) mass is 377 g/mol. The lowest BCUT2D eigenvalue weighted by Gasteiger charge is -2.03. The topological polar surface area (TPSA) is 94.3 Å².